The van der Waals surface area contributed by atoms with Crippen LogP contribution in [-0.2, 0) is 6.42 Å². The molecule has 2 aromatic heterocycles. The number of fused-ring (bicyclic) bond motifs is 1. The van der Waals surface area contributed by atoms with Crippen molar-refractivity contribution in [3.05, 3.63) is 47.8 Å². The van der Waals surface area contributed by atoms with Gasteiger partial charge in [0.15, 0.2) is 5.65 Å². The number of aryl methyl sites for hydroxylation is 2. The molecular weight excluding hydrogens is 296 g/mol. The first-order valence-corrected chi connectivity index (χ1v) is 8.85. The number of nitrogens with zero attached hydrogens (tertiary/aromatic N) is 3. The van der Waals surface area contributed by atoms with Crippen molar-refractivity contribution in [3.63, 3.8) is 0 Å². The van der Waals surface area contributed by atoms with Crippen molar-refractivity contribution in [2.75, 3.05) is 5.32 Å². The fourth-order valence-electron chi connectivity index (χ4n) is 2.96. The summed E-state index contributed by atoms with van der Waals surface area (Å²) in [5, 5.41) is 8.36. The third-order valence-corrected chi connectivity index (χ3v) is 4.39. The lowest BCUT2D eigenvalue weighted by atomic mass is 10.1. The monoisotopic (exact) mass is 322 g/mol. The molecule has 0 aliphatic heterocycles. The third kappa shape index (κ3) is 3.14. The molecule has 2 heterocycles. The summed E-state index contributed by atoms with van der Waals surface area (Å²) in [6.45, 7) is 8.63. The number of anilines is 1. The summed E-state index contributed by atoms with van der Waals surface area (Å²) in [6, 6.07) is 13.0. The maximum atomic E-state index is 4.92. The molecule has 0 radical (unpaired) electrons. The molecule has 1 aromatic carbocycles. The van der Waals surface area contributed by atoms with Crippen molar-refractivity contribution in [2.24, 2.45) is 0 Å². The van der Waals surface area contributed by atoms with Gasteiger partial charge in [-0.2, -0.15) is 9.61 Å². The molecule has 0 aliphatic carbocycles. The first kappa shape index (κ1) is 16.5. The van der Waals surface area contributed by atoms with Crippen LogP contribution in [0.1, 0.15) is 45.0 Å². The second kappa shape index (κ2) is 7.04. The molecular formula is C20H26N4. The van der Waals surface area contributed by atoms with E-state index >= 15 is 0 Å². The molecule has 3 rings (SSSR count). The molecule has 0 unspecified atom stereocenters. The summed E-state index contributed by atoms with van der Waals surface area (Å²) in [5.41, 5.74) is 5.36. The van der Waals surface area contributed by atoms with Gasteiger partial charge in [0, 0.05) is 23.4 Å². The zero-order chi connectivity index (χ0) is 17.1. The zero-order valence-electron chi connectivity index (χ0n) is 15.0. The Morgan fingerprint density at radius 1 is 1.17 bits per heavy atom. The zero-order valence-corrected chi connectivity index (χ0v) is 15.0. The maximum absolute atomic E-state index is 4.92. The highest BCUT2D eigenvalue weighted by Gasteiger charge is 2.17. The molecule has 126 valence electrons. The van der Waals surface area contributed by atoms with E-state index in [2.05, 4.69) is 63.3 Å². The first-order chi connectivity index (χ1) is 11.6. The van der Waals surface area contributed by atoms with E-state index in [0.29, 0.717) is 6.04 Å². The smallest absolute Gasteiger partial charge is 0.165 e. The summed E-state index contributed by atoms with van der Waals surface area (Å²) in [7, 11) is 0. The fraction of sp³-hybridized carbons (Fsp3) is 0.400. The Morgan fingerprint density at radius 2 is 1.92 bits per heavy atom. The van der Waals surface area contributed by atoms with Gasteiger partial charge in [-0.15, -0.1) is 0 Å². The lowest BCUT2D eigenvalue weighted by Crippen LogP contribution is -2.17. The van der Waals surface area contributed by atoms with Crippen molar-refractivity contribution >= 4 is 11.5 Å². The third-order valence-electron chi connectivity index (χ3n) is 4.39. The molecule has 0 spiro atoms. The van der Waals surface area contributed by atoms with Gasteiger partial charge in [-0.1, -0.05) is 50.6 Å². The quantitative estimate of drug-likeness (QED) is 0.704. The Morgan fingerprint density at radius 3 is 2.58 bits per heavy atom. The van der Waals surface area contributed by atoms with Crippen LogP contribution in [-0.4, -0.2) is 20.6 Å². The van der Waals surface area contributed by atoms with Gasteiger partial charge < -0.3 is 5.32 Å². The maximum Gasteiger partial charge on any atom is 0.165 e. The molecule has 0 amide bonds. The van der Waals surface area contributed by atoms with E-state index in [1.165, 1.54) is 5.56 Å². The van der Waals surface area contributed by atoms with Crippen LogP contribution in [0.3, 0.4) is 0 Å². The molecule has 0 fully saturated rings. The molecule has 0 aliphatic rings. The van der Waals surface area contributed by atoms with Gasteiger partial charge in [0.2, 0.25) is 0 Å². The lowest BCUT2D eigenvalue weighted by molar-refractivity contribution is 0.745. The number of nitrogens with one attached hydrogen (secondary N) is 1. The van der Waals surface area contributed by atoms with Crippen molar-refractivity contribution in [1.82, 2.24) is 14.6 Å². The summed E-state index contributed by atoms with van der Waals surface area (Å²) in [5.74, 6) is 1.03. The molecule has 24 heavy (non-hydrogen) atoms. The van der Waals surface area contributed by atoms with E-state index < -0.39 is 0 Å². The van der Waals surface area contributed by atoms with Crippen LogP contribution >= 0.6 is 0 Å². The topological polar surface area (TPSA) is 42.2 Å². The normalized spacial score (nSPS) is 12.5. The van der Waals surface area contributed by atoms with Crippen LogP contribution in [0.25, 0.3) is 16.8 Å². The van der Waals surface area contributed by atoms with Crippen molar-refractivity contribution in [2.45, 2.75) is 53.0 Å². The number of aromatic nitrogens is 3. The van der Waals surface area contributed by atoms with Gasteiger partial charge >= 0.3 is 0 Å². The highest BCUT2D eigenvalue weighted by molar-refractivity contribution is 5.80. The van der Waals surface area contributed by atoms with Crippen LogP contribution in [0.4, 0.5) is 5.82 Å². The highest BCUT2D eigenvalue weighted by Crippen LogP contribution is 2.29. The van der Waals surface area contributed by atoms with Crippen LogP contribution < -0.4 is 5.32 Å². The summed E-state index contributed by atoms with van der Waals surface area (Å²) < 4.78 is 1.96. The van der Waals surface area contributed by atoms with Crippen LogP contribution in [0.15, 0.2) is 36.4 Å². The predicted molar refractivity (Wildman–Crippen MR) is 101 cm³/mol. The van der Waals surface area contributed by atoms with Gasteiger partial charge in [0.1, 0.15) is 5.82 Å². The second-order valence-corrected chi connectivity index (χ2v) is 6.40. The average molecular weight is 322 g/mol. The van der Waals surface area contributed by atoms with Crippen molar-refractivity contribution < 1.29 is 0 Å². The standard InChI is InChI=1S/C20H26N4/c1-5-10-17-13-18(21-14(3)6-2)24-20(22-17)19(15(4)23-24)16-11-8-7-9-12-16/h7-9,11-14,21H,5-6,10H2,1-4H3/t14-/m1/s1. The minimum Gasteiger partial charge on any atom is -0.367 e. The van der Waals surface area contributed by atoms with E-state index in [9.17, 15) is 0 Å². The van der Waals surface area contributed by atoms with Crippen LogP contribution in [0.5, 0.6) is 0 Å². The first-order valence-electron chi connectivity index (χ1n) is 8.85. The Labute approximate surface area is 143 Å². The average Bonchev–Trinajstić information content (AvgIpc) is 2.92. The molecule has 4 heteroatoms. The van der Waals surface area contributed by atoms with Crippen molar-refractivity contribution in [3.8, 4) is 11.1 Å². The molecule has 1 N–H and O–H groups in total. The highest BCUT2D eigenvalue weighted by atomic mass is 15.3. The molecule has 1 atom stereocenters. The van der Waals surface area contributed by atoms with Gasteiger partial charge in [-0.05, 0) is 32.3 Å². The predicted octanol–water partition coefficient (Wildman–Crippen LogP) is 4.87. The SMILES string of the molecule is CCCc1cc(N[C@H](C)CC)n2nc(C)c(-c3ccccc3)c2n1. The molecule has 4 nitrogen and oxygen atoms in total. The van der Waals surface area contributed by atoms with E-state index in [4.69, 9.17) is 10.1 Å². The van der Waals surface area contributed by atoms with Crippen LogP contribution in [0, 0.1) is 6.92 Å². The van der Waals surface area contributed by atoms with E-state index in [1.807, 2.05) is 10.6 Å². The summed E-state index contributed by atoms with van der Waals surface area (Å²) in [6.07, 6.45) is 3.13. The minimum atomic E-state index is 0.398. The summed E-state index contributed by atoms with van der Waals surface area (Å²) in [4.78, 5) is 4.92. The molecule has 3 aromatic rings. The second-order valence-electron chi connectivity index (χ2n) is 6.40. The Hall–Kier alpha value is -2.36. The van der Waals surface area contributed by atoms with Gasteiger partial charge in [-0.3, -0.25) is 0 Å². The van der Waals surface area contributed by atoms with Crippen molar-refractivity contribution in [1.29, 1.82) is 0 Å². The van der Waals surface area contributed by atoms with E-state index in [0.717, 1.165) is 47.7 Å². The van der Waals surface area contributed by atoms with E-state index in [-0.39, 0.29) is 0 Å². The van der Waals surface area contributed by atoms with Gasteiger partial charge in [-0.25, -0.2) is 4.98 Å². The molecule has 0 saturated heterocycles. The lowest BCUT2D eigenvalue weighted by Gasteiger charge is -2.15. The fourth-order valence-corrected chi connectivity index (χ4v) is 2.96. The Balaban J connectivity index is 2.21. The largest absolute Gasteiger partial charge is 0.367 e. The van der Waals surface area contributed by atoms with Gasteiger partial charge in [0.05, 0.1) is 5.69 Å². The Kier molecular flexibility index (Phi) is 4.84. The molecule has 0 saturated carbocycles. The van der Waals surface area contributed by atoms with Crippen LogP contribution in [0.2, 0.25) is 0 Å². The number of hydrogen-bond acceptors (Lipinski definition) is 3. The van der Waals surface area contributed by atoms with E-state index in [1.54, 1.807) is 0 Å². The molecule has 0 bridgehead atoms. The number of rotatable bonds is 6. The van der Waals surface area contributed by atoms with Gasteiger partial charge in [0.25, 0.3) is 0 Å². The Bertz CT molecular complexity index is 821. The number of hydrogen-bond donors (Lipinski definition) is 1. The number of benzene rings is 1. The summed E-state index contributed by atoms with van der Waals surface area (Å²) >= 11 is 0. The minimum absolute atomic E-state index is 0.398.